The molecule has 21 heavy (non-hydrogen) atoms. The molecular formula is C15H13F2N3S. The zero-order valence-corrected chi connectivity index (χ0v) is 11.8. The number of halogens is 2. The lowest BCUT2D eigenvalue weighted by atomic mass is 10.1. The third kappa shape index (κ3) is 3.00. The van der Waals surface area contributed by atoms with Gasteiger partial charge in [0.15, 0.2) is 5.16 Å². The number of aromatic amines is 1. The Morgan fingerprint density at radius 3 is 2.67 bits per heavy atom. The van der Waals surface area contributed by atoms with Crippen LogP contribution in [0.4, 0.5) is 14.5 Å². The lowest BCUT2D eigenvalue weighted by Gasteiger charge is -2.15. The number of fused-ring (bicyclic) bond motifs is 1. The normalized spacial score (nSPS) is 11.9. The van der Waals surface area contributed by atoms with Crippen LogP contribution < -0.4 is 5.73 Å². The molecule has 0 aliphatic rings. The fourth-order valence-electron chi connectivity index (χ4n) is 2.00. The number of hydrogen-bond donors (Lipinski definition) is 2. The minimum Gasteiger partial charge on any atom is -0.399 e. The molecule has 0 aliphatic heterocycles. The molecule has 0 radical (unpaired) electrons. The topological polar surface area (TPSA) is 54.7 Å². The monoisotopic (exact) mass is 305 g/mol. The quantitative estimate of drug-likeness (QED) is 0.565. The summed E-state index contributed by atoms with van der Waals surface area (Å²) in [6.07, 6.45) is 0. The third-order valence-electron chi connectivity index (χ3n) is 3.07. The van der Waals surface area contributed by atoms with Gasteiger partial charge in [-0.15, -0.1) is 0 Å². The number of benzene rings is 2. The van der Waals surface area contributed by atoms with Gasteiger partial charge in [0.05, 0.1) is 16.8 Å². The van der Waals surface area contributed by atoms with Crippen molar-refractivity contribution in [1.82, 2.24) is 9.97 Å². The summed E-state index contributed by atoms with van der Waals surface area (Å²) in [4.78, 5) is 7.27. The first-order chi connectivity index (χ1) is 10.0. The largest absolute Gasteiger partial charge is 0.399 e. The Bertz CT molecular complexity index is 756. The minimum absolute atomic E-state index is 0.0119. The van der Waals surface area contributed by atoms with Crippen molar-refractivity contribution in [3.05, 3.63) is 54.1 Å². The van der Waals surface area contributed by atoms with E-state index in [4.69, 9.17) is 5.73 Å². The molecule has 1 aromatic heterocycles. The molecule has 108 valence electrons. The van der Waals surface area contributed by atoms with Gasteiger partial charge in [-0.2, -0.15) is 0 Å². The maximum absolute atomic E-state index is 14.1. The molecule has 0 amide bonds. The highest BCUT2D eigenvalue weighted by atomic mass is 32.2. The van der Waals surface area contributed by atoms with Crippen molar-refractivity contribution in [1.29, 1.82) is 0 Å². The van der Waals surface area contributed by atoms with Gasteiger partial charge in [-0.1, -0.05) is 42.1 Å². The average molecular weight is 305 g/mol. The van der Waals surface area contributed by atoms with E-state index in [1.165, 1.54) is 12.1 Å². The number of hydrogen-bond acceptors (Lipinski definition) is 3. The first-order valence-electron chi connectivity index (χ1n) is 6.36. The number of thioether (sulfide) groups is 1. The van der Waals surface area contributed by atoms with E-state index in [9.17, 15) is 8.78 Å². The summed E-state index contributed by atoms with van der Waals surface area (Å²) in [5.74, 6) is -3.27. The zero-order valence-electron chi connectivity index (χ0n) is 11.0. The van der Waals surface area contributed by atoms with Crippen molar-refractivity contribution in [2.45, 2.75) is 11.1 Å². The van der Waals surface area contributed by atoms with Crippen LogP contribution in [0.2, 0.25) is 0 Å². The van der Waals surface area contributed by atoms with Crippen molar-refractivity contribution >= 4 is 28.5 Å². The smallest absolute Gasteiger partial charge is 0.282 e. The highest BCUT2D eigenvalue weighted by Crippen LogP contribution is 2.34. The Kier molecular flexibility index (Phi) is 3.55. The Morgan fingerprint density at radius 1 is 1.14 bits per heavy atom. The van der Waals surface area contributed by atoms with E-state index in [1.807, 2.05) is 0 Å². The van der Waals surface area contributed by atoms with Crippen LogP contribution in [-0.4, -0.2) is 15.7 Å². The summed E-state index contributed by atoms with van der Waals surface area (Å²) in [7, 11) is 0. The number of rotatable bonds is 4. The van der Waals surface area contributed by atoms with Crippen molar-refractivity contribution < 1.29 is 8.78 Å². The summed E-state index contributed by atoms with van der Waals surface area (Å²) in [5, 5.41) is 0.464. The molecule has 2 aromatic carbocycles. The SMILES string of the molecule is Nc1ccc2nc(SCC(F)(F)c3ccccc3)[nH]c2c1. The number of nitrogens with one attached hydrogen (secondary N) is 1. The van der Waals surface area contributed by atoms with Gasteiger partial charge < -0.3 is 10.7 Å². The van der Waals surface area contributed by atoms with Crippen LogP contribution >= 0.6 is 11.8 Å². The first kappa shape index (κ1) is 13.9. The van der Waals surface area contributed by atoms with Crippen LogP contribution in [0.3, 0.4) is 0 Å². The fraction of sp³-hybridized carbons (Fsp3) is 0.133. The second kappa shape index (κ2) is 5.37. The molecule has 0 fully saturated rings. The van der Waals surface area contributed by atoms with Gasteiger partial charge in [0.2, 0.25) is 0 Å². The standard InChI is InChI=1S/C15H13F2N3S/c16-15(17,10-4-2-1-3-5-10)9-21-14-19-12-7-6-11(18)8-13(12)20-14/h1-8H,9,18H2,(H,19,20). The van der Waals surface area contributed by atoms with Crippen LogP contribution in [0.1, 0.15) is 5.56 Å². The predicted molar refractivity (Wildman–Crippen MR) is 81.6 cm³/mol. The third-order valence-corrected chi connectivity index (χ3v) is 4.04. The van der Waals surface area contributed by atoms with Crippen molar-refractivity contribution in [2.24, 2.45) is 0 Å². The Morgan fingerprint density at radius 2 is 1.90 bits per heavy atom. The molecule has 0 unspecified atom stereocenters. The van der Waals surface area contributed by atoms with Gasteiger partial charge in [0.25, 0.3) is 5.92 Å². The Labute approximate surface area is 124 Å². The molecule has 3 N–H and O–H groups in total. The molecule has 3 aromatic rings. The lowest BCUT2D eigenvalue weighted by Crippen LogP contribution is -2.16. The van der Waals surface area contributed by atoms with E-state index >= 15 is 0 Å². The van der Waals surface area contributed by atoms with E-state index in [-0.39, 0.29) is 11.3 Å². The van der Waals surface area contributed by atoms with Crippen molar-refractivity contribution in [2.75, 3.05) is 11.5 Å². The van der Waals surface area contributed by atoms with E-state index in [0.717, 1.165) is 22.8 Å². The summed E-state index contributed by atoms with van der Waals surface area (Å²) in [5.41, 5.74) is 7.77. The molecule has 0 spiro atoms. The van der Waals surface area contributed by atoms with Crippen LogP contribution in [0, 0.1) is 0 Å². The molecule has 3 rings (SSSR count). The number of alkyl halides is 2. The maximum atomic E-state index is 14.1. The molecule has 6 heteroatoms. The van der Waals surface area contributed by atoms with Gasteiger partial charge >= 0.3 is 0 Å². The molecule has 0 aliphatic carbocycles. The van der Waals surface area contributed by atoms with E-state index in [0.29, 0.717) is 10.8 Å². The Balaban J connectivity index is 1.77. The number of nitrogen functional groups attached to an aromatic ring is 1. The molecule has 0 saturated carbocycles. The summed E-state index contributed by atoms with van der Waals surface area (Å²) >= 11 is 0.996. The predicted octanol–water partition coefficient (Wildman–Crippen LogP) is 4.03. The summed E-state index contributed by atoms with van der Waals surface area (Å²) in [6.45, 7) is 0. The molecule has 0 bridgehead atoms. The molecule has 1 heterocycles. The highest BCUT2D eigenvalue weighted by molar-refractivity contribution is 7.99. The van der Waals surface area contributed by atoms with E-state index in [2.05, 4.69) is 9.97 Å². The minimum atomic E-state index is -2.90. The summed E-state index contributed by atoms with van der Waals surface area (Å²) < 4.78 is 28.2. The maximum Gasteiger partial charge on any atom is 0.282 e. The van der Waals surface area contributed by atoms with Gasteiger partial charge in [0, 0.05) is 11.3 Å². The van der Waals surface area contributed by atoms with E-state index in [1.54, 1.807) is 36.4 Å². The summed E-state index contributed by atoms with van der Waals surface area (Å²) in [6, 6.07) is 13.0. The van der Waals surface area contributed by atoms with Crippen molar-refractivity contribution in [3.63, 3.8) is 0 Å². The second-order valence-electron chi connectivity index (χ2n) is 4.68. The second-order valence-corrected chi connectivity index (χ2v) is 5.64. The van der Waals surface area contributed by atoms with Gasteiger partial charge in [-0.05, 0) is 18.2 Å². The van der Waals surface area contributed by atoms with Gasteiger partial charge in [-0.25, -0.2) is 13.8 Å². The number of nitrogens with two attached hydrogens (primary N) is 1. The molecule has 0 saturated heterocycles. The molecular weight excluding hydrogens is 292 g/mol. The fourth-order valence-corrected chi connectivity index (χ4v) is 2.83. The van der Waals surface area contributed by atoms with E-state index < -0.39 is 5.92 Å². The number of nitrogens with zero attached hydrogens (tertiary/aromatic N) is 1. The first-order valence-corrected chi connectivity index (χ1v) is 7.34. The zero-order chi connectivity index (χ0) is 14.9. The molecule has 3 nitrogen and oxygen atoms in total. The number of anilines is 1. The van der Waals surface area contributed by atoms with Crippen LogP contribution in [0.5, 0.6) is 0 Å². The van der Waals surface area contributed by atoms with Gasteiger partial charge in [0.1, 0.15) is 0 Å². The van der Waals surface area contributed by atoms with Gasteiger partial charge in [-0.3, -0.25) is 0 Å². The van der Waals surface area contributed by atoms with Crippen LogP contribution in [-0.2, 0) is 5.92 Å². The Hall–Kier alpha value is -2.08. The number of imidazole rings is 1. The number of aromatic nitrogens is 2. The highest BCUT2D eigenvalue weighted by Gasteiger charge is 2.31. The van der Waals surface area contributed by atoms with Crippen molar-refractivity contribution in [3.8, 4) is 0 Å². The van der Waals surface area contributed by atoms with Crippen LogP contribution in [0.25, 0.3) is 11.0 Å². The number of H-pyrrole nitrogens is 1. The molecule has 0 atom stereocenters. The lowest BCUT2D eigenvalue weighted by molar-refractivity contribution is 0.0231. The average Bonchev–Trinajstić information content (AvgIpc) is 2.88. The van der Waals surface area contributed by atoms with Crippen LogP contribution in [0.15, 0.2) is 53.7 Å².